The van der Waals surface area contributed by atoms with E-state index in [1.807, 2.05) is 6.20 Å². The van der Waals surface area contributed by atoms with E-state index in [1.165, 1.54) is 12.1 Å². The number of hydrogen-bond acceptors (Lipinski definition) is 2. The van der Waals surface area contributed by atoms with Crippen LogP contribution in [0.2, 0.25) is 0 Å². The van der Waals surface area contributed by atoms with Gasteiger partial charge in [-0.15, -0.1) is 0 Å². The Morgan fingerprint density at radius 1 is 1.69 bits per heavy atom. The molecule has 1 aromatic rings. The molecule has 0 aliphatic heterocycles. The first kappa shape index (κ1) is 8.75. The Hall–Kier alpha value is -0.830. The van der Waals surface area contributed by atoms with Crippen molar-refractivity contribution in [2.45, 2.75) is 32.2 Å². The number of hydrogen-bond donors (Lipinski definition) is 1. The maximum atomic E-state index is 5.62. The lowest BCUT2D eigenvalue weighted by atomic mass is 10.2. The van der Waals surface area contributed by atoms with Crippen LogP contribution in [0.3, 0.4) is 0 Å². The van der Waals surface area contributed by atoms with Crippen molar-refractivity contribution in [2.24, 2.45) is 11.7 Å². The zero-order valence-electron chi connectivity index (χ0n) is 8.11. The number of nitrogens with zero attached hydrogens (tertiary/aromatic N) is 2. The van der Waals surface area contributed by atoms with Crippen LogP contribution in [0.1, 0.15) is 31.4 Å². The number of rotatable bonds is 4. The highest BCUT2D eigenvalue weighted by atomic mass is 15.3. The average Bonchev–Trinajstić information content (AvgIpc) is 2.79. The van der Waals surface area contributed by atoms with Crippen LogP contribution < -0.4 is 5.73 Å². The zero-order valence-corrected chi connectivity index (χ0v) is 8.11. The van der Waals surface area contributed by atoms with Gasteiger partial charge in [0.15, 0.2) is 0 Å². The van der Waals surface area contributed by atoms with Crippen LogP contribution in [-0.4, -0.2) is 16.3 Å². The summed E-state index contributed by atoms with van der Waals surface area (Å²) in [6.45, 7) is 4.04. The molecule has 2 rings (SSSR count). The Morgan fingerprint density at radius 3 is 3.15 bits per heavy atom. The summed E-state index contributed by atoms with van der Waals surface area (Å²) in [4.78, 5) is 0. The van der Waals surface area contributed by atoms with Crippen molar-refractivity contribution >= 4 is 0 Å². The standard InChI is InChI=1S/C10H17N3/c1-2-5-13-10(3-4-12-13)9-6-8(9)7-11/h3-4,8-9H,2,5-7,11H2,1H3. The summed E-state index contributed by atoms with van der Waals surface area (Å²) in [6.07, 6.45) is 4.30. The van der Waals surface area contributed by atoms with Gasteiger partial charge >= 0.3 is 0 Å². The van der Waals surface area contributed by atoms with E-state index in [4.69, 9.17) is 5.73 Å². The molecule has 0 bridgehead atoms. The van der Waals surface area contributed by atoms with E-state index in [0.29, 0.717) is 11.8 Å². The second-order valence-electron chi connectivity index (χ2n) is 3.82. The van der Waals surface area contributed by atoms with Crippen molar-refractivity contribution in [1.29, 1.82) is 0 Å². The highest BCUT2D eigenvalue weighted by Crippen LogP contribution is 2.46. The summed E-state index contributed by atoms with van der Waals surface area (Å²) in [5, 5.41) is 4.31. The molecule has 72 valence electrons. The Bertz CT molecular complexity index is 279. The average molecular weight is 179 g/mol. The molecule has 2 N–H and O–H groups in total. The molecule has 0 saturated heterocycles. The summed E-state index contributed by atoms with van der Waals surface area (Å²) < 4.78 is 2.13. The van der Waals surface area contributed by atoms with Gasteiger partial charge in [-0.1, -0.05) is 6.92 Å². The Balaban J connectivity index is 2.07. The minimum Gasteiger partial charge on any atom is -0.330 e. The first-order valence-corrected chi connectivity index (χ1v) is 5.08. The Kier molecular flexibility index (Phi) is 2.36. The van der Waals surface area contributed by atoms with E-state index in [-0.39, 0.29) is 0 Å². The molecular formula is C10H17N3. The van der Waals surface area contributed by atoms with Crippen LogP contribution in [0.4, 0.5) is 0 Å². The number of aromatic nitrogens is 2. The number of nitrogens with two attached hydrogens (primary N) is 1. The van der Waals surface area contributed by atoms with Crippen LogP contribution in [0.5, 0.6) is 0 Å². The van der Waals surface area contributed by atoms with Crippen molar-refractivity contribution in [3.63, 3.8) is 0 Å². The molecule has 2 atom stereocenters. The predicted molar refractivity (Wildman–Crippen MR) is 52.4 cm³/mol. The van der Waals surface area contributed by atoms with E-state index in [1.54, 1.807) is 0 Å². The maximum absolute atomic E-state index is 5.62. The van der Waals surface area contributed by atoms with Gasteiger partial charge in [-0.2, -0.15) is 5.10 Å². The molecule has 1 aromatic heterocycles. The highest BCUT2D eigenvalue weighted by Gasteiger charge is 2.38. The highest BCUT2D eigenvalue weighted by molar-refractivity contribution is 5.17. The third-order valence-corrected chi connectivity index (χ3v) is 2.79. The summed E-state index contributed by atoms with van der Waals surface area (Å²) in [5.41, 5.74) is 7.01. The molecule has 3 heteroatoms. The molecule has 1 heterocycles. The van der Waals surface area contributed by atoms with Gasteiger partial charge in [0, 0.05) is 24.4 Å². The lowest BCUT2D eigenvalue weighted by molar-refractivity contribution is 0.569. The van der Waals surface area contributed by atoms with Gasteiger partial charge in [0.05, 0.1) is 0 Å². The molecule has 2 unspecified atom stereocenters. The van der Waals surface area contributed by atoms with Gasteiger partial charge in [0.2, 0.25) is 0 Å². The van der Waals surface area contributed by atoms with E-state index < -0.39 is 0 Å². The molecule has 0 spiro atoms. The largest absolute Gasteiger partial charge is 0.330 e. The lowest BCUT2D eigenvalue weighted by Gasteiger charge is -2.04. The van der Waals surface area contributed by atoms with E-state index >= 15 is 0 Å². The second-order valence-corrected chi connectivity index (χ2v) is 3.82. The lowest BCUT2D eigenvalue weighted by Crippen LogP contribution is -2.06. The molecular weight excluding hydrogens is 162 g/mol. The van der Waals surface area contributed by atoms with Crippen molar-refractivity contribution < 1.29 is 0 Å². The van der Waals surface area contributed by atoms with Gasteiger partial charge in [0.1, 0.15) is 0 Å². The fourth-order valence-corrected chi connectivity index (χ4v) is 1.93. The molecule has 13 heavy (non-hydrogen) atoms. The topological polar surface area (TPSA) is 43.8 Å². The molecule has 0 radical (unpaired) electrons. The predicted octanol–water partition coefficient (Wildman–Crippen LogP) is 1.36. The smallest absolute Gasteiger partial charge is 0.0492 e. The molecule has 1 saturated carbocycles. The van der Waals surface area contributed by atoms with Gasteiger partial charge in [-0.25, -0.2) is 0 Å². The quantitative estimate of drug-likeness (QED) is 0.758. The van der Waals surface area contributed by atoms with Crippen LogP contribution >= 0.6 is 0 Å². The fraction of sp³-hybridized carbons (Fsp3) is 0.700. The van der Waals surface area contributed by atoms with Crippen LogP contribution in [-0.2, 0) is 6.54 Å². The van der Waals surface area contributed by atoms with Crippen molar-refractivity contribution in [3.05, 3.63) is 18.0 Å². The van der Waals surface area contributed by atoms with Gasteiger partial charge in [-0.05, 0) is 31.4 Å². The van der Waals surface area contributed by atoms with Crippen LogP contribution in [0, 0.1) is 5.92 Å². The molecule has 1 aliphatic rings. The summed E-state index contributed by atoms with van der Waals surface area (Å²) >= 11 is 0. The summed E-state index contributed by atoms with van der Waals surface area (Å²) in [6, 6.07) is 2.13. The summed E-state index contributed by atoms with van der Waals surface area (Å²) in [5.74, 6) is 1.41. The molecule has 0 amide bonds. The van der Waals surface area contributed by atoms with Crippen molar-refractivity contribution in [3.8, 4) is 0 Å². The van der Waals surface area contributed by atoms with Crippen LogP contribution in [0.15, 0.2) is 12.3 Å². The van der Waals surface area contributed by atoms with Gasteiger partial charge in [-0.3, -0.25) is 4.68 Å². The monoisotopic (exact) mass is 179 g/mol. The van der Waals surface area contributed by atoms with E-state index in [9.17, 15) is 0 Å². The fourth-order valence-electron chi connectivity index (χ4n) is 1.93. The SMILES string of the molecule is CCCn1nccc1C1CC1CN. The van der Waals surface area contributed by atoms with E-state index in [0.717, 1.165) is 19.5 Å². The van der Waals surface area contributed by atoms with Crippen LogP contribution in [0.25, 0.3) is 0 Å². The Labute approximate surface area is 78.9 Å². The maximum Gasteiger partial charge on any atom is 0.0492 e. The normalized spacial score (nSPS) is 26.3. The first-order valence-electron chi connectivity index (χ1n) is 5.08. The third kappa shape index (κ3) is 1.61. The van der Waals surface area contributed by atoms with E-state index in [2.05, 4.69) is 22.8 Å². The molecule has 3 nitrogen and oxygen atoms in total. The molecule has 0 aromatic carbocycles. The zero-order chi connectivity index (χ0) is 9.26. The first-order chi connectivity index (χ1) is 6.36. The third-order valence-electron chi connectivity index (χ3n) is 2.79. The van der Waals surface area contributed by atoms with Gasteiger partial charge < -0.3 is 5.73 Å². The molecule has 1 fully saturated rings. The molecule has 1 aliphatic carbocycles. The summed E-state index contributed by atoms with van der Waals surface area (Å²) in [7, 11) is 0. The van der Waals surface area contributed by atoms with Crippen molar-refractivity contribution in [2.75, 3.05) is 6.54 Å². The van der Waals surface area contributed by atoms with Crippen molar-refractivity contribution in [1.82, 2.24) is 9.78 Å². The number of aryl methyl sites for hydroxylation is 1. The van der Waals surface area contributed by atoms with Gasteiger partial charge in [0.25, 0.3) is 0 Å². The minimum atomic E-state index is 0.694. The Morgan fingerprint density at radius 2 is 2.54 bits per heavy atom. The minimum absolute atomic E-state index is 0.694. The second kappa shape index (κ2) is 3.50.